The SMILES string of the molecule is CC(O)c1ccc(C(C)(C)N)cc1. The van der Waals surface area contributed by atoms with Crippen molar-refractivity contribution < 1.29 is 5.11 Å². The summed E-state index contributed by atoms with van der Waals surface area (Å²) in [6.45, 7) is 5.68. The third kappa shape index (κ3) is 2.54. The number of rotatable bonds is 2. The Balaban J connectivity index is 2.94. The fourth-order valence-electron chi connectivity index (χ4n) is 1.19. The molecule has 0 saturated heterocycles. The molecule has 0 amide bonds. The predicted octanol–water partition coefficient (Wildman–Crippen LogP) is 1.93. The van der Waals surface area contributed by atoms with Gasteiger partial charge in [0, 0.05) is 5.54 Å². The molecule has 0 radical (unpaired) electrons. The molecule has 1 unspecified atom stereocenters. The van der Waals surface area contributed by atoms with Gasteiger partial charge in [-0.1, -0.05) is 24.3 Å². The van der Waals surface area contributed by atoms with Crippen LogP contribution in [-0.4, -0.2) is 5.11 Å². The number of benzene rings is 1. The van der Waals surface area contributed by atoms with Crippen LogP contribution in [-0.2, 0) is 5.54 Å². The van der Waals surface area contributed by atoms with Crippen LogP contribution in [0.5, 0.6) is 0 Å². The maximum atomic E-state index is 9.29. The van der Waals surface area contributed by atoms with E-state index in [9.17, 15) is 5.11 Å². The van der Waals surface area contributed by atoms with Crippen LogP contribution in [0.25, 0.3) is 0 Å². The van der Waals surface area contributed by atoms with Crippen molar-refractivity contribution in [3.8, 4) is 0 Å². The van der Waals surface area contributed by atoms with E-state index >= 15 is 0 Å². The van der Waals surface area contributed by atoms with Gasteiger partial charge in [0.15, 0.2) is 0 Å². The normalized spacial score (nSPS) is 14.2. The molecule has 3 N–H and O–H groups in total. The Kier molecular flexibility index (Phi) is 2.74. The average Bonchev–Trinajstić information content (AvgIpc) is 2.03. The summed E-state index contributed by atoms with van der Waals surface area (Å²) in [5, 5.41) is 9.29. The molecule has 13 heavy (non-hydrogen) atoms. The first-order valence-corrected chi connectivity index (χ1v) is 4.48. The summed E-state index contributed by atoms with van der Waals surface area (Å²) < 4.78 is 0. The summed E-state index contributed by atoms with van der Waals surface area (Å²) in [7, 11) is 0. The summed E-state index contributed by atoms with van der Waals surface area (Å²) in [6.07, 6.45) is -0.407. The highest BCUT2D eigenvalue weighted by Crippen LogP contribution is 2.19. The predicted molar refractivity (Wildman–Crippen MR) is 54.3 cm³/mol. The Morgan fingerprint density at radius 3 is 2.00 bits per heavy atom. The Labute approximate surface area is 79.4 Å². The Hall–Kier alpha value is -0.860. The smallest absolute Gasteiger partial charge is 0.0761 e. The molecule has 1 aromatic carbocycles. The van der Waals surface area contributed by atoms with Crippen molar-refractivity contribution in [3.63, 3.8) is 0 Å². The first-order valence-electron chi connectivity index (χ1n) is 4.48. The second-order valence-corrected chi connectivity index (χ2v) is 4.02. The minimum Gasteiger partial charge on any atom is -0.389 e. The Morgan fingerprint density at radius 2 is 1.69 bits per heavy atom. The lowest BCUT2D eigenvalue weighted by Crippen LogP contribution is -2.28. The lowest BCUT2D eigenvalue weighted by molar-refractivity contribution is 0.199. The Bertz CT molecular complexity index is 269. The average molecular weight is 179 g/mol. The zero-order valence-corrected chi connectivity index (χ0v) is 8.41. The van der Waals surface area contributed by atoms with Gasteiger partial charge >= 0.3 is 0 Å². The van der Waals surface area contributed by atoms with Crippen LogP contribution in [0.4, 0.5) is 0 Å². The molecule has 0 aliphatic carbocycles. The van der Waals surface area contributed by atoms with Crippen LogP contribution in [0.3, 0.4) is 0 Å². The molecule has 72 valence electrons. The number of aliphatic hydroxyl groups excluding tert-OH is 1. The first kappa shape index (κ1) is 10.2. The van der Waals surface area contributed by atoms with Crippen molar-refractivity contribution in [2.75, 3.05) is 0 Å². The molecular weight excluding hydrogens is 162 g/mol. The van der Waals surface area contributed by atoms with Crippen molar-refractivity contribution in [1.82, 2.24) is 0 Å². The van der Waals surface area contributed by atoms with Gasteiger partial charge in [-0.2, -0.15) is 0 Å². The number of hydrogen-bond acceptors (Lipinski definition) is 2. The van der Waals surface area contributed by atoms with Gasteiger partial charge < -0.3 is 10.8 Å². The van der Waals surface area contributed by atoms with Gasteiger partial charge in [-0.25, -0.2) is 0 Å². The summed E-state index contributed by atoms with van der Waals surface area (Å²) in [5.41, 5.74) is 7.62. The van der Waals surface area contributed by atoms with Crippen LogP contribution >= 0.6 is 0 Å². The molecule has 1 aromatic rings. The van der Waals surface area contributed by atoms with E-state index in [-0.39, 0.29) is 5.54 Å². The molecule has 0 heterocycles. The van der Waals surface area contributed by atoms with E-state index in [1.165, 1.54) is 0 Å². The van der Waals surface area contributed by atoms with Crippen LogP contribution in [0.1, 0.15) is 38.0 Å². The van der Waals surface area contributed by atoms with Gasteiger partial charge in [-0.15, -0.1) is 0 Å². The molecule has 1 rings (SSSR count). The molecule has 0 aromatic heterocycles. The molecule has 0 spiro atoms. The lowest BCUT2D eigenvalue weighted by atomic mass is 9.94. The van der Waals surface area contributed by atoms with Crippen molar-refractivity contribution in [2.24, 2.45) is 5.73 Å². The minimum atomic E-state index is -0.407. The van der Waals surface area contributed by atoms with E-state index < -0.39 is 6.10 Å². The van der Waals surface area contributed by atoms with E-state index in [0.29, 0.717) is 0 Å². The molecule has 2 heteroatoms. The summed E-state index contributed by atoms with van der Waals surface area (Å²) in [6, 6.07) is 7.74. The fourth-order valence-corrected chi connectivity index (χ4v) is 1.19. The molecule has 0 fully saturated rings. The summed E-state index contributed by atoms with van der Waals surface area (Å²) in [4.78, 5) is 0. The van der Waals surface area contributed by atoms with Crippen molar-refractivity contribution in [1.29, 1.82) is 0 Å². The standard InChI is InChI=1S/C11H17NO/c1-8(13)9-4-6-10(7-5-9)11(2,3)12/h4-8,13H,12H2,1-3H3. The van der Waals surface area contributed by atoms with E-state index in [2.05, 4.69) is 0 Å². The van der Waals surface area contributed by atoms with E-state index in [4.69, 9.17) is 5.73 Å². The summed E-state index contributed by atoms with van der Waals surface area (Å²) >= 11 is 0. The lowest BCUT2D eigenvalue weighted by Gasteiger charge is -2.19. The highest BCUT2D eigenvalue weighted by Gasteiger charge is 2.13. The van der Waals surface area contributed by atoms with Crippen LogP contribution < -0.4 is 5.73 Å². The van der Waals surface area contributed by atoms with Crippen LogP contribution in [0.2, 0.25) is 0 Å². The van der Waals surface area contributed by atoms with Crippen molar-refractivity contribution >= 4 is 0 Å². The molecule has 1 atom stereocenters. The molecule has 0 bridgehead atoms. The summed E-state index contributed by atoms with van der Waals surface area (Å²) in [5.74, 6) is 0. The maximum Gasteiger partial charge on any atom is 0.0761 e. The highest BCUT2D eigenvalue weighted by atomic mass is 16.3. The highest BCUT2D eigenvalue weighted by molar-refractivity contribution is 5.28. The topological polar surface area (TPSA) is 46.2 Å². The zero-order valence-electron chi connectivity index (χ0n) is 8.41. The van der Waals surface area contributed by atoms with Crippen molar-refractivity contribution in [2.45, 2.75) is 32.4 Å². The third-order valence-corrected chi connectivity index (χ3v) is 2.14. The molecule has 0 aliphatic rings. The second-order valence-electron chi connectivity index (χ2n) is 4.02. The van der Waals surface area contributed by atoms with Crippen LogP contribution in [0.15, 0.2) is 24.3 Å². The fraction of sp³-hybridized carbons (Fsp3) is 0.455. The minimum absolute atomic E-state index is 0.308. The van der Waals surface area contributed by atoms with Crippen LogP contribution in [0, 0.1) is 0 Å². The maximum absolute atomic E-state index is 9.29. The van der Waals surface area contributed by atoms with Gasteiger partial charge in [0.05, 0.1) is 6.10 Å². The largest absolute Gasteiger partial charge is 0.389 e. The van der Waals surface area contributed by atoms with Gasteiger partial charge in [0.2, 0.25) is 0 Å². The quantitative estimate of drug-likeness (QED) is 0.728. The number of aliphatic hydroxyl groups is 1. The van der Waals surface area contributed by atoms with Gasteiger partial charge in [-0.05, 0) is 31.9 Å². The number of nitrogens with two attached hydrogens (primary N) is 1. The molecular formula is C11H17NO. The van der Waals surface area contributed by atoms with Gasteiger partial charge in [0.1, 0.15) is 0 Å². The molecule has 0 aliphatic heterocycles. The number of hydrogen-bond donors (Lipinski definition) is 2. The van der Waals surface area contributed by atoms with Gasteiger partial charge in [0.25, 0.3) is 0 Å². The second kappa shape index (κ2) is 3.48. The molecule has 0 saturated carbocycles. The zero-order chi connectivity index (χ0) is 10.1. The van der Waals surface area contributed by atoms with E-state index in [1.54, 1.807) is 6.92 Å². The van der Waals surface area contributed by atoms with Crippen molar-refractivity contribution in [3.05, 3.63) is 35.4 Å². The third-order valence-electron chi connectivity index (χ3n) is 2.14. The van der Waals surface area contributed by atoms with Gasteiger partial charge in [-0.3, -0.25) is 0 Å². The van der Waals surface area contributed by atoms with E-state index in [0.717, 1.165) is 11.1 Å². The Morgan fingerprint density at radius 1 is 1.23 bits per heavy atom. The molecule has 2 nitrogen and oxygen atoms in total. The monoisotopic (exact) mass is 179 g/mol. The van der Waals surface area contributed by atoms with E-state index in [1.807, 2.05) is 38.1 Å². The first-order chi connectivity index (χ1) is 5.91.